The van der Waals surface area contributed by atoms with Gasteiger partial charge in [-0.05, 0) is 49.4 Å². The number of anilines is 1. The zero-order chi connectivity index (χ0) is 19.8. The van der Waals surface area contributed by atoms with E-state index < -0.39 is 0 Å². The predicted octanol–water partition coefficient (Wildman–Crippen LogP) is 5.54. The Labute approximate surface area is 180 Å². The molecule has 1 aliphatic rings. The smallest absolute Gasteiger partial charge is 0.277 e. The van der Waals surface area contributed by atoms with Crippen molar-refractivity contribution in [3.63, 3.8) is 0 Å². The minimum Gasteiger partial charge on any atom is -0.411 e. The molecule has 0 fully saturated rings. The number of fused-ring (bicyclic) bond motifs is 3. The zero-order valence-corrected chi connectivity index (χ0v) is 17.9. The van der Waals surface area contributed by atoms with Gasteiger partial charge in [0.1, 0.15) is 16.5 Å². The van der Waals surface area contributed by atoms with Crippen LogP contribution in [0.25, 0.3) is 21.7 Å². The Balaban J connectivity index is 1.36. The van der Waals surface area contributed by atoms with E-state index in [1.165, 1.54) is 41.5 Å². The lowest BCUT2D eigenvalue weighted by atomic mass is 10.1. The van der Waals surface area contributed by atoms with Gasteiger partial charge in [-0.15, -0.1) is 21.5 Å². The molecule has 3 aromatic heterocycles. The van der Waals surface area contributed by atoms with Crippen LogP contribution in [0.3, 0.4) is 0 Å². The van der Waals surface area contributed by atoms with Crippen molar-refractivity contribution in [1.82, 2.24) is 20.2 Å². The standard InChI is InChI=1S/C20H18ClN5OS2/c21-12-6-4-5-11(9-12)18-25-26-20(27-18)28-10-15-23-17(22)16-13-7-2-1-3-8-14(13)29-19(16)24-15/h4-6,9H,1-3,7-8,10H2,(H2,22,23,24). The number of hydrogen-bond donors (Lipinski definition) is 1. The van der Waals surface area contributed by atoms with E-state index in [0.717, 1.165) is 28.6 Å². The first kappa shape index (κ1) is 18.8. The number of nitrogens with two attached hydrogens (primary N) is 1. The predicted molar refractivity (Wildman–Crippen MR) is 117 cm³/mol. The fourth-order valence-electron chi connectivity index (χ4n) is 3.61. The Hall–Kier alpha value is -2.16. The van der Waals surface area contributed by atoms with E-state index in [1.54, 1.807) is 23.5 Å². The topological polar surface area (TPSA) is 90.7 Å². The summed E-state index contributed by atoms with van der Waals surface area (Å²) in [7, 11) is 0. The van der Waals surface area contributed by atoms with Gasteiger partial charge in [-0.3, -0.25) is 0 Å². The molecule has 4 aromatic rings. The third kappa shape index (κ3) is 3.84. The van der Waals surface area contributed by atoms with Crippen LogP contribution in [0, 0.1) is 0 Å². The highest BCUT2D eigenvalue weighted by Crippen LogP contribution is 2.37. The molecular weight excluding hydrogens is 426 g/mol. The molecule has 0 saturated carbocycles. The van der Waals surface area contributed by atoms with Crippen molar-refractivity contribution in [2.45, 2.75) is 43.1 Å². The van der Waals surface area contributed by atoms with Crippen LogP contribution in [-0.4, -0.2) is 20.2 Å². The van der Waals surface area contributed by atoms with Gasteiger partial charge in [0.2, 0.25) is 5.89 Å². The highest BCUT2D eigenvalue weighted by Gasteiger charge is 2.19. The van der Waals surface area contributed by atoms with Crippen molar-refractivity contribution in [3.05, 3.63) is 45.6 Å². The van der Waals surface area contributed by atoms with Crippen LogP contribution in [0.1, 0.15) is 35.5 Å². The number of rotatable bonds is 4. The summed E-state index contributed by atoms with van der Waals surface area (Å²) in [6.07, 6.45) is 5.92. The maximum absolute atomic E-state index is 6.32. The fraction of sp³-hybridized carbons (Fsp3) is 0.300. The van der Waals surface area contributed by atoms with Gasteiger partial charge in [-0.25, -0.2) is 9.97 Å². The van der Waals surface area contributed by atoms with E-state index in [-0.39, 0.29) is 0 Å². The Kier molecular flexibility index (Phi) is 5.15. The molecule has 1 aliphatic carbocycles. The average Bonchev–Trinajstić information content (AvgIpc) is 3.25. The van der Waals surface area contributed by atoms with Gasteiger partial charge in [0.05, 0.1) is 11.1 Å². The summed E-state index contributed by atoms with van der Waals surface area (Å²) in [5, 5.41) is 10.4. The number of nitrogen functional groups attached to an aromatic ring is 1. The fourth-order valence-corrected chi connectivity index (χ4v) is 5.70. The number of benzene rings is 1. The Morgan fingerprint density at radius 2 is 2.03 bits per heavy atom. The molecule has 6 nitrogen and oxygen atoms in total. The zero-order valence-electron chi connectivity index (χ0n) is 15.5. The minimum atomic E-state index is 0.438. The molecule has 0 saturated heterocycles. The van der Waals surface area contributed by atoms with E-state index in [2.05, 4.69) is 15.2 Å². The van der Waals surface area contributed by atoms with Gasteiger partial charge >= 0.3 is 0 Å². The number of halogens is 1. The second-order valence-electron chi connectivity index (χ2n) is 6.94. The lowest BCUT2D eigenvalue weighted by Crippen LogP contribution is -2.00. The highest BCUT2D eigenvalue weighted by atomic mass is 35.5. The van der Waals surface area contributed by atoms with Crippen LogP contribution >= 0.6 is 34.7 Å². The van der Waals surface area contributed by atoms with Crippen molar-refractivity contribution >= 4 is 50.7 Å². The quantitative estimate of drug-likeness (QED) is 0.327. The van der Waals surface area contributed by atoms with E-state index in [4.69, 9.17) is 26.7 Å². The van der Waals surface area contributed by atoms with Gasteiger partial charge in [0.15, 0.2) is 0 Å². The van der Waals surface area contributed by atoms with Crippen LogP contribution < -0.4 is 5.73 Å². The van der Waals surface area contributed by atoms with E-state index in [0.29, 0.717) is 33.5 Å². The Morgan fingerprint density at radius 3 is 2.93 bits per heavy atom. The van der Waals surface area contributed by atoms with Crippen molar-refractivity contribution in [3.8, 4) is 11.5 Å². The Morgan fingerprint density at radius 1 is 1.14 bits per heavy atom. The maximum atomic E-state index is 6.32. The molecule has 1 aromatic carbocycles. The molecule has 0 atom stereocenters. The number of aromatic nitrogens is 4. The molecule has 3 heterocycles. The van der Waals surface area contributed by atoms with Gasteiger partial charge in [-0.1, -0.05) is 35.9 Å². The molecule has 9 heteroatoms. The van der Waals surface area contributed by atoms with Crippen LogP contribution in [0.5, 0.6) is 0 Å². The van der Waals surface area contributed by atoms with Crippen molar-refractivity contribution in [2.24, 2.45) is 0 Å². The summed E-state index contributed by atoms with van der Waals surface area (Å²) < 4.78 is 5.74. The summed E-state index contributed by atoms with van der Waals surface area (Å²) in [6, 6.07) is 7.33. The number of nitrogens with zero attached hydrogens (tertiary/aromatic N) is 4. The summed E-state index contributed by atoms with van der Waals surface area (Å²) in [4.78, 5) is 11.7. The molecule has 0 radical (unpaired) electrons. The molecule has 0 bridgehead atoms. The molecule has 2 N–H and O–H groups in total. The molecular formula is C20H18ClN5OS2. The number of thiophene rings is 1. The van der Waals surface area contributed by atoms with Crippen molar-refractivity contribution < 1.29 is 4.42 Å². The molecule has 0 aliphatic heterocycles. The second kappa shape index (κ2) is 7.93. The average molecular weight is 444 g/mol. The monoisotopic (exact) mass is 443 g/mol. The Bertz CT molecular complexity index is 1190. The largest absolute Gasteiger partial charge is 0.411 e. The SMILES string of the molecule is Nc1nc(CSc2nnc(-c3cccc(Cl)c3)o2)nc2sc3c(c12)CCCCC3. The first-order valence-corrected chi connectivity index (χ1v) is 11.6. The van der Waals surface area contributed by atoms with Gasteiger partial charge in [0, 0.05) is 15.5 Å². The molecule has 148 valence electrons. The minimum absolute atomic E-state index is 0.438. The maximum Gasteiger partial charge on any atom is 0.277 e. The lowest BCUT2D eigenvalue weighted by Gasteiger charge is -2.03. The summed E-state index contributed by atoms with van der Waals surface area (Å²) >= 11 is 9.19. The van der Waals surface area contributed by atoms with Crippen LogP contribution in [0.2, 0.25) is 5.02 Å². The number of hydrogen-bond acceptors (Lipinski definition) is 8. The van der Waals surface area contributed by atoms with Gasteiger partial charge in [-0.2, -0.15) is 0 Å². The first-order valence-electron chi connectivity index (χ1n) is 9.46. The molecule has 0 unspecified atom stereocenters. The van der Waals surface area contributed by atoms with E-state index in [9.17, 15) is 0 Å². The summed E-state index contributed by atoms with van der Waals surface area (Å²) in [5.41, 5.74) is 8.48. The van der Waals surface area contributed by atoms with Crippen molar-refractivity contribution in [2.75, 3.05) is 5.73 Å². The third-order valence-corrected chi connectivity index (χ3v) is 7.18. The second-order valence-corrected chi connectivity index (χ2v) is 9.39. The highest BCUT2D eigenvalue weighted by molar-refractivity contribution is 7.98. The molecule has 0 amide bonds. The van der Waals surface area contributed by atoms with Crippen LogP contribution in [0.15, 0.2) is 33.9 Å². The molecule has 29 heavy (non-hydrogen) atoms. The normalized spacial score (nSPS) is 14.1. The van der Waals surface area contributed by atoms with E-state index in [1.807, 2.05) is 12.1 Å². The van der Waals surface area contributed by atoms with Gasteiger partial charge in [0.25, 0.3) is 5.22 Å². The number of thioether (sulfide) groups is 1. The van der Waals surface area contributed by atoms with Crippen molar-refractivity contribution in [1.29, 1.82) is 0 Å². The molecule has 5 rings (SSSR count). The molecule has 0 spiro atoms. The number of aryl methyl sites for hydroxylation is 2. The summed E-state index contributed by atoms with van der Waals surface area (Å²) in [5.74, 6) is 2.21. The third-order valence-electron chi connectivity index (χ3n) is 4.94. The van der Waals surface area contributed by atoms with Crippen LogP contribution in [-0.2, 0) is 18.6 Å². The van der Waals surface area contributed by atoms with E-state index >= 15 is 0 Å². The lowest BCUT2D eigenvalue weighted by molar-refractivity contribution is 0.465. The van der Waals surface area contributed by atoms with Crippen LogP contribution in [0.4, 0.5) is 5.82 Å². The van der Waals surface area contributed by atoms with Gasteiger partial charge < -0.3 is 10.2 Å². The first-order chi connectivity index (χ1) is 14.2. The summed E-state index contributed by atoms with van der Waals surface area (Å²) in [6.45, 7) is 0.